The highest BCUT2D eigenvalue weighted by Crippen LogP contribution is 2.34. The van der Waals surface area contributed by atoms with E-state index in [2.05, 4.69) is 17.1 Å². The number of hydrogen-bond acceptors (Lipinski definition) is 5. The molecule has 0 aliphatic heterocycles. The maximum absolute atomic E-state index is 6.00. The summed E-state index contributed by atoms with van der Waals surface area (Å²) in [6, 6.07) is -0.303. The Morgan fingerprint density at radius 1 is 1.32 bits per heavy atom. The number of aromatic nitrogens is 2. The van der Waals surface area contributed by atoms with E-state index in [-0.39, 0.29) is 12.1 Å². The normalized spacial score (nSPS) is 25.7. The summed E-state index contributed by atoms with van der Waals surface area (Å²) < 4.78 is 10.9. The fraction of sp³-hybridized carbons (Fsp3) is 0.857. The summed E-state index contributed by atoms with van der Waals surface area (Å²) in [4.78, 5) is 4.45. The third-order valence-corrected chi connectivity index (χ3v) is 3.76. The van der Waals surface area contributed by atoms with E-state index in [9.17, 15) is 0 Å². The van der Waals surface area contributed by atoms with Gasteiger partial charge >= 0.3 is 0 Å². The number of nitrogens with zero attached hydrogens (tertiary/aromatic N) is 2. The molecule has 0 amide bonds. The van der Waals surface area contributed by atoms with Crippen molar-refractivity contribution in [3.05, 3.63) is 11.7 Å². The van der Waals surface area contributed by atoms with Crippen LogP contribution in [0.4, 0.5) is 0 Å². The van der Waals surface area contributed by atoms with E-state index >= 15 is 0 Å². The fourth-order valence-electron chi connectivity index (χ4n) is 2.44. The first-order valence-electron chi connectivity index (χ1n) is 7.27. The lowest BCUT2D eigenvalue weighted by atomic mass is 9.83. The molecular formula is C14H25N3O2. The molecule has 1 atom stereocenters. The van der Waals surface area contributed by atoms with Gasteiger partial charge < -0.3 is 15.0 Å². The van der Waals surface area contributed by atoms with Crippen molar-refractivity contribution >= 4 is 0 Å². The Morgan fingerprint density at radius 2 is 2.00 bits per heavy atom. The van der Waals surface area contributed by atoms with Gasteiger partial charge in [-0.1, -0.05) is 12.1 Å². The van der Waals surface area contributed by atoms with E-state index in [1.807, 2.05) is 13.8 Å². The Bertz CT molecular complexity index is 384. The molecule has 0 saturated heterocycles. The first-order valence-corrected chi connectivity index (χ1v) is 7.27. The highest BCUT2D eigenvalue weighted by Gasteiger charge is 2.25. The molecule has 1 saturated carbocycles. The predicted molar refractivity (Wildman–Crippen MR) is 72.7 cm³/mol. The van der Waals surface area contributed by atoms with Crippen molar-refractivity contribution < 1.29 is 9.26 Å². The molecule has 1 aliphatic rings. The summed E-state index contributed by atoms with van der Waals surface area (Å²) in [5.41, 5.74) is 6.00. The van der Waals surface area contributed by atoms with Gasteiger partial charge in [-0.2, -0.15) is 4.98 Å². The van der Waals surface area contributed by atoms with Crippen molar-refractivity contribution in [3.63, 3.8) is 0 Å². The molecule has 1 aliphatic carbocycles. The van der Waals surface area contributed by atoms with Crippen molar-refractivity contribution in [2.24, 2.45) is 11.7 Å². The number of hydrogen-bond donors (Lipinski definition) is 1. The standard InChI is InChI=1S/C14H25N3O2/c1-9(2)18-8-12(15)13-16-14(19-17-13)11-6-4-10(3)5-7-11/h9-12H,4-8,15H2,1-3H3. The van der Waals surface area contributed by atoms with Gasteiger partial charge in [-0.25, -0.2) is 0 Å². The second-order valence-corrected chi connectivity index (χ2v) is 5.94. The van der Waals surface area contributed by atoms with Gasteiger partial charge in [-0.05, 0) is 45.4 Å². The summed E-state index contributed by atoms with van der Waals surface area (Å²) in [6.45, 7) is 6.70. The molecule has 1 aromatic rings. The highest BCUT2D eigenvalue weighted by atomic mass is 16.5. The molecule has 1 unspecified atom stereocenters. The average molecular weight is 267 g/mol. The molecular weight excluding hydrogens is 242 g/mol. The van der Waals surface area contributed by atoms with Gasteiger partial charge in [0.15, 0.2) is 5.82 Å². The van der Waals surface area contributed by atoms with Crippen LogP contribution < -0.4 is 5.73 Å². The number of rotatable bonds is 5. The first-order chi connectivity index (χ1) is 9.06. The van der Waals surface area contributed by atoms with Crippen LogP contribution in [0.25, 0.3) is 0 Å². The summed E-state index contributed by atoms with van der Waals surface area (Å²) in [7, 11) is 0. The zero-order valence-electron chi connectivity index (χ0n) is 12.1. The van der Waals surface area contributed by atoms with E-state index in [0.717, 1.165) is 24.7 Å². The lowest BCUT2D eigenvalue weighted by molar-refractivity contribution is 0.0665. The lowest BCUT2D eigenvalue weighted by Gasteiger charge is -2.23. The van der Waals surface area contributed by atoms with E-state index < -0.39 is 0 Å². The molecule has 2 N–H and O–H groups in total. The Hall–Kier alpha value is -0.940. The summed E-state index contributed by atoms with van der Waals surface area (Å²) in [5, 5.41) is 4.00. The Labute approximate surface area is 114 Å². The van der Waals surface area contributed by atoms with Crippen LogP contribution in [-0.2, 0) is 4.74 Å². The second kappa shape index (κ2) is 6.48. The minimum Gasteiger partial charge on any atom is -0.377 e. The van der Waals surface area contributed by atoms with Crippen molar-refractivity contribution in [1.82, 2.24) is 10.1 Å². The molecule has 0 aromatic carbocycles. The zero-order valence-corrected chi connectivity index (χ0v) is 12.1. The largest absolute Gasteiger partial charge is 0.377 e. The lowest BCUT2D eigenvalue weighted by Crippen LogP contribution is -2.21. The van der Waals surface area contributed by atoms with Gasteiger partial charge in [0.05, 0.1) is 18.8 Å². The van der Waals surface area contributed by atoms with Crippen molar-refractivity contribution in [3.8, 4) is 0 Å². The van der Waals surface area contributed by atoms with Crippen LogP contribution in [-0.4, -0.2) is 22.9 Å². The van der Waals surface area contributed by atoms with E-state index in [1.54, 1.807) is 0 Å². The minimum atomic E-state index is -0.303. The van der Waals surface area contributed by atoms with Crippen molar-refractivity contribution in [1.29, 1.82) is 0 Å². The molecule has 0 spiro atoms. The molecule has 1 fully saturated rings. The molecule has 0 bridgehead atoms. The molecule has 108 valence electrons. The van der Waals surface area contributed by atoms with Gasteiger partial charge in [-0.3, -0.25) is 0 Å². The van der Waals surface area contributed by atoms with Gasteiger partial charge in [0.2, 0.25) is 5.89 Å². The van der Waals surface area contributed by atoms with Gasteiger partial charge in [0.25, 0.3) is 0 Å². The van der Waals surface area contributed by atoms with E-state index in [1.165, 1.54) is 12.8 Å². The third-order valence-electron chi connectivity index (χ3n) is 3.76. The summed E-state index contributed by atoms with van der Waals surface area (Å²) in [5.74, 6) is 2.55. The van der Waals surface area contributed by atoms with Crippen LogP contribution in [0.2, 0.25) is 0 Å². The van der Waals surface area contributed by atoms with E-state index in [4.69, 9.17) is 15.0 Å². The molecule has 1 aromatic heterocycles. The molecule has 19 heavy (non-hydrogen) atoms. The third kappa shape index (κ3) is 4.01. The first kappa shape index (κ1) is 14.5. The number of nitrogens with two attached hydrogens (primary N) is 1. The molecule has 2 rings (SSSR count). The van der Waals surface area contributed by atoms with Gasteiger partial charge in [-0.15, -0.1) is 0 Å². The van der Waals surface area contributed by atoms with Crippen LogP contribution in [0, 0.1) is 5.92 Å². The molecule has 1 heterocycles. The second-order valence-electron chi connectivity index (χ2n) is 5.94. The Balaban J connectivity index is 1.91. The Morgan fingerprint density at radius 3 is 2.63 bits per heavy atom. The summed E-state index contributed by atoms with van der Waals surface area (Å²) in [6.07, 6.45) is 4.92. The van der Waals surface area contributed by atoms with Crippen LogP contribution in [0.15, 0.2) is 4.52 Å². The molecule has 5 heteroatoms. The maximum atomic E-state index is 6.00. The van der Waals surface area contributed by atoms with Gasteiger partial charge in [0.1, 0.15) is 0 Å². The quantitative estimate of drug-likeness (QED) is 0.888. The van der Waals surface area contributed by atoms with Crippen LogP contribution in [0.3, 0.4) is 0 Å². The van der Waals surface area contributed by atoms with Gasteiger partial charge in [0, 0.05) is 5.92 Å². The fourth-order valence-corrected chi connectivity index (χ4v) is 2.44. The highest BCUT2D eigenvalue weighted by molar-refractivity contribution is 4.99. The smallest absolute Gasteiger partial charge is 0.229 e. The Kier molecular flexibility index (Phi) is 4.93. The predicted octanol–water partition coefficient (Wildman–Crippen LogP) is 2.79. The number of ether oxygens (including phenoxy) is 1. The summed E-state index contributed by atoms with van der Waals surface area (Å²) >= 11 is 0. The van der Waals surface area contributed by atoms with Crippen molar-refractivity contribution in [2.75, 3.05) is 6.61 Å². The molecule has 0 radical (unpaired) electrons. The SMILES string of the molecule is CC1CCC(c2nc(C(N)COC(C)C)no2)CC1. The minimum absolute atomic E-state index is 0.164. The topological polar surface area (TPSA) is 74.2 Å². The van der Waals surface area contributed by atoms with Crippen molar-refractivity contribution in [2.45, 2.75) is 64.5 Å². The molecule has 5 nitrogen and oxygen atoms in total. The van der Waals surface area contributed by atoms with Crippen LogP contribution >= 0.6 is 0 Å². The average Bonchev–Trinajstić information content (AvgIpc) is 2.86. The van der Waals surface area contributed by atoms with E-state index in [0.29, 0.717) is 18.3 Å². The van der Waals surface area contributed by atoms with Crippen LogP contribution in [0.5, 0.6) is 0 Å². The zero-order chi connectivity index (χ0) is 13.8. The maximum Gasteiger partial charge on any atom is 0.229 e. The monoisotopic (exact) mass is 267 g/mol. The van der Waals surface area contributed by atoms with Crippen LogP contribution in [0.1, 0.15) is 70.1 Å².